The van der Waals surface area contributed by atoms with Crippen LogP contribution in [0.15, 0.2) is 41.3 Å². The number of hydrogen-bond acceptors (Lipinski definition) is 4. The summed E-state index contributed by atoms with van der Waals surface area (Å²) in [6, 6.07) is 9.73. The second-order valence-electron chi connectivity index (χ2n) is 8.42. The average Bonchev–Trinajstić information content (AvgIpc) is 3.09. The van der Waals surface area contributed by atoms with Crippen molar-refractivity contribution in [1.82, 2.24) is 24.5 Å². The van der Waals surface area contributed by atoms with Crippen LogP contribution in [0.1, 0.15) is 75.1 Å². The Bertz CT molecular complexity index is 1080. The average molecular weight is 422 g/mol. The van der Waals surface area contributed by atoms with E-state index < -0.39 is 5.56 Å². The second-order valence-corrected chi connectivity index (χ2v) is 8.42. The van der Waals surface area contributed by atoms with E-state index in [2.05, 4.69) is 22.3 Å². The lowest BCUT2D eigenvalue weighted by molar-refractivity contribution is 0.0930. The fourth-order valence-corrected chi connectivity index (χ4v) is 4.26. The fraction of sp³-hybridized carbons (Fsp3) is 0.500. The van der Waals surface area contributed by atoms with Gasteiger partial charge in [0.05, 0.1) is 0 Å². The minimum absolute atomic E-state index is 0.134. The van der Waals surface area contributed by atoms with Crippen molar-refractivity contribution in [2.24, 2.45) is 0 Å². The molecule has 1 aromatic carbocycles. The molecule has 1 saturated carbocycles. The van der Waals surface area contributed by atoms with Gasteiger partial charge >= 0.3 is 0 Å². The molecule has 0 radical (unpaired) electrons. The van der Waals surface area contributed by atoms with Gasteiger partial charge in [0.15, 0.2) is 5.82 Å². The standard InChI is InChI=1S/C24H31N5O2/c1-2-3-11-16-28-17-20(22(30)25-19-14-9-4-5-10-15-19)23(31)29-24(28)26-21(27-29)18-12-7-6-8-13-18/h6-8,12-13,17,19H,2-5,9-11,14-16H2,1H3,(H,25,30). The van der Waals surface area contributed by atoms with E-state index in [0.717, 1.165) is 50.5 Å². The normalized spacial score (nSPS) is 15.1. The molecule has 3 aromatic rings. The molecular weight excluding hydrogens is 390 g/mol. The van der Waals surface area contributed by atoms with Crippen molar-refractivity contribution in [2.45, 2.75) is 77.3 Å². The summed E-state index contributed by atoms with van der Waals surface area (Å²) < 4.78 is 3.19. The predicted octanol–water partition coefficient (Wildman–Crippen LogP) is 4.20. The van der Waals surface area contributed by atoms with Crippen molar-refractivity contribution < 1.29 is 4.79 Å². The number of aromatic nitrogens is 4. The zero-order chi connectivity index (χ0) is 21.6. The third-order valence-corrected chi connectivity index (χ3v) is 6.02. The number of amides is 1. The second kappa shape index (κ2) is 9.90. The topological polar surface area (TPSA) is 81.3 Å². The van der Waals surface area contributed by atoms with Crippen LogP contribution in [0.2, 0.25) is 0 Å². The number of benzene rings is 1. The van der Waals surface area contributed by atoms with Crippen LogP contribution in [-0.4, -0.2) is 31.1 Å². The number of unbranched alkanes of at least 4 members (excludes halogenated alkanes) is 2. The van der Waals surface area contributed by atoms with Crippen LogP contribution in [0.25, 0.3) is 17.2 Å². The van der Waals surface area contributed by atoms with Gasteiger partial charge in [-0.15, -0.1) is 5.10 Å². The maximum Gasteiger partial charge on any atom is 0.288 e. The van der Waals surface area contributed by atoms with Crippen molar-refractivity contribution in [2.75, 3.05) is 0 Å². The SMILES string of the molecule is CCCCCn1cc(C(=O)NC2CCCCCC2)c(=O)n2nc(-c3ccccc3)nc12. The summed E-state index contributed by atoms with van der Waals surface area (Å²) >= 11 is 0. The van der Waals surface area contributed by atoms with Gasteiger partial charge in [0, 0.05) is 24.3 Å². The Morgan fingerprint density at radius 2 is 1.84 bits per heavy atom. The van der Waals surface area contributed by atoms with Crippen LogP contribution in [0, 0.1) is 0 Å². The first-order chi connectivity index (χ1) is 15.2. The molecule has 31 heavy (non-hydrogen) atoms. The van der Waals surface area contributed by atoms with Crippen molar-refractivity contribution in [1.29, 1.82) is 0 Å². The highest BCUT2D eigenvalue weighted by molar-refractivity contribution is 5.94. The van der Waals surface area contributed by atoms with Crippen molar-refractivity contribution in [3.63, 3.8) is 0 Å². The Morgan fingerprint density at radius 3 is 2.55 bits per heavy atom. The van der Waals surface area contributed by atoms with Crippen LogP contribution in [0.3, 0.4) is 0 Å². The molecule has 2 aromatic heterocycles. The van der Waals surface area contributed by atoms with E-state index in [1.54, 1.807) is 6.20 Å². The maximum absolute atomic E-state index is 13.2. The number of rotatable bonds is 7. The summed E-state index contributed by atoms with van der Waals surface area (Å²) in [4.78, 5) is 30.9. The lowest BCUT2D eigenvalue weighted by Crippen LogP contribution is -2.39. The van der Waals surface area contributed by atoms with Crippen molar-refractivity contribution in [3.8, 4) is 11.4 Å². The summed E-state index contributed by atoms with van der Waals surface area (Å²) in [5, 5.41) is 7.57. The molecule has 1 N–H and O–H groups in total. The van der Waals surface area contributed by atoms with Gasteiger partial charge in [0.1, 0.15) is 5.56 Å². The van der Waals surface area contributed by atoms with Crippen molar-refractivity contribution >= 4 is 11.7 Å². The maximum atomic E-state index is 13.2. The molecule has 1 fully saturated rings. The largest absolute Gasteiger partial charge is 0.349 e. The van der Waals surface area contributed by atoms with Crippen LogP contribution in [-0.2, 0) is 6.54 Å². The first-order valence-corrected chi connectivity index (χ1v) is 11.5. The zero-order valence-electron chi connectivity index (χ0n) is 18.2. The monoisotopic (exact) mass is 421 g/mol. The minimum Gasteiger partial charge on any atom is -0.349 e. The van der Waals surface area contributed by atoms with Crippen LogP contribution < -0.4 is 10.9 Å². The number of aryl methyl sites for hydroxylation is 1. The first kappa shape index (κ1) is 21.3. The molecule has 0 unspecified atom stereocenters. The number of hydrogen-bond donors (Lipinski definition) is 1. The number of nitrogens with zero attached hydrogens (tertiary/aromatic N) is 4. The molecule has 7 nitrogen and oxygen atoms in total. The van der Waals surface area contributed by atoms with E-state index in [4.69, 9.17) is 0 Å². The Balaban J connectivity index is 1.71. The third kappa shape index (κ3) is 4.86. The van der Waals surface area contributed by atoms with Gasteiger partial charge in [-0.2, -0.15) is 9.50 Å². The van der Waals surface area contributed by atoms with E-state index in [1.165, 1.54) is 17.4 Å². The highest BCUT2D eigenvalue weighted by Crippen LogP contribution is 2.18. The third-order valence-electron chi connectivity index (χ3n) is 6.02. The summed E-state index contributed by atoms with van der Waals surface area (Å²) in [7, 11) is 0. The molecule has 7 heteroatoms. The lowest BCUT2D eigenvalue weighted by atomic mass is 10.1. The predicted molar refractivity (Wildman–Crippen MR) is 121 cm³/mol. The molecular formula is C24H31N5O2. The van der Waals surface area contributed by atoms with Gasteiger partial charge in [-0.1, -0.05) is 75.8 Å². The quantitative estimate of drug-likeness (QED) is 0.458. The highest BCUT2D eigenvalue weighted by Gasteiger charge is 2.22. The van der Waals surface area contributed by atoms with Gasteiger partial charge in [-0.25, -0.2) is 0 Å². The van der Waals surface area contributed by atoms with Crippen LogP contribution >= 0.6 is 0 Å². The molecule has 1 aliphatic rings. The molecule has 1 amide bonds. The summed E-state index contributed by atoms with van der Waals surface area (Å²) in [5.74, 6) is 0.661. The summed E-state index contributed by atoms with van der Waals surface area (Å²) in [5.41, 5.74) is 0.565. The minimum atomic E-state index is -0.414. The fourth-order valence-electron chi connectivity index (χ4n) is 4.26. The van der Waals surface area contributed by atoms with Crippen molar-refractivity contribution in [3.05, 3.63) is 52.4 Å². The smallest absolute Gasteiger partial charge is 0.288 e. The molecule has 0 bridgehead atoms. The molecule has 0 atom stereocenters. The summed E-state index contributed by atoms with van der Waals surface area (Å²) in [6.45, 7) is 2.84. The zero-order valence-corrected chi connectivity index (χ0v) is 18.2. The number of carbonyl (C=O) groups is 1. The van der Waals surface area contributed by atoms with Crippen LogP contribution in [0.4, 0.5) is 0 Å². The van der Waals surface area contributed by atoms with E-state index in [9.17, 15) is 9.59 Å². The Labute approximate surface area is 182 Å². The van der Waals surface area contributed by atoms with Gasteiger partial charge in [-0.3, -0.25) is 9.59 Å². The van der Waals surface area contributed by atoms with Gasteiger partial charge in [0.25, 0.3) is 11.5 Å². The van der Waals surface area contributed by atoms with Gasteiger partial charge in [0.2, 0.25) is 5.78 Å². The Morgan fingerprint density at radius 1 is 1.10 bits per heavy atom. The Kier molecular flexibility index (Phi) is 6.79. The van der Waals surface area contributed by atoms with Gasteiger partial charge in [-0.05, 0) is 19.3 Å². The van der Waals surface area contributed by atoms with Crippen LogP contribution in [0.5, 0.6) is 0 Å². The van der Waals surface area contributed by atoms with E-state index >= 15 is 0 Å². The van der Waals surface area contributed by atoms with E-state index in [0.29, 0.717) is 18.1 Å². The number of fused-ring (bicyclic) bond motifs is 1. The first-order valence-electron chi connectivity index (χ1n) is 11.5. The van der Waals surface area contributed by atoms with E-state index in [-0.39, 0.29) is 17.5 Å². The lowest BCUT2D eigenvalue weighted by Gasteiger charge is -2.16. The molecule has 4 rings (SSSR count). The molecule has 0 aliphatic heterocycles. The molecule has 0 spiro atoms. The highest BCUT2D eigenvalue weighted by atomic mass is 16.2. The molecule has 1 aliphatic carbocycles. The van der Waals surface area contributed by atoms with Gasteiger partial charge < -0.3 is 9.88 Å². The number of carbonyl (C=O) groups excluding carboxylic acids is 1. The van der Waals surface area contributed by atoms with E-state index in [1.807, 2.05) is 34.9 Å². The summed E-state index contributed by atoms with van der Waals surface area (Å²) in [6.07, 6.45) is 11.4. The number of nitrogens with one attached hydrogen (secondary N) is 1. The molecule has 2 heterocycles. The Hall–Kier alpha value is -2.96. The molecule has 0 saturated heterocycles. The molecule has 164 valence electrons.